The Labute approximate surface area is 188 Å². The molecule has 9 heteroatoms. The zero-order valence-corrected chi connectivity index (χ0v) is 17.6. The molecule has 5 rings (SSSR count). The first-order valence-electron chi connectivity index (χ1n) is 10.4. The maximum absolute atomic E-state index is 13.6. The van der Waals surface area contributed by atoms with Crippen molar-refractivity contribution in [3.05, 3.63) is 71.8 Å². The van der Waals surface area contributed by atoms with Crippen LogP contribution in [0.2, 0.25) is 0 Å². The number of halogens is 2. The van der Waals surface area contributed by atoms with Gasteiger partial charge in [-0.2, -0.15) is 8.78 Å². The first kappa shape index (κ1) is 20.9. The Balaban J connectivity index is 1.67. The van der Waals surface area contributed by atoms with Crippen LogP contribution in [0.25, 0.3) is 0 Å². The smallest absolute Gasteiger partial charge is 0.387 e. The monoisotopic (exact) mass is 454 g/mol. The van der Waals surface area contributed by atoms with Gasteiger partial charge in [-0.25, -0.2) is 0 Å². The van der Waals surface area contributed by atoms with Gasteiger partial charge in [0.05, 0.1) is 17.9 Å². The van der Waals surface area contributed by atoms with Crippen LogP contribution in [0.4, 0.5) is 20.2 Å². The van der Waals surface area contributed by atoms with E-state index in [9.17, 15) is 13.6 Å². The highest BCUT2D eigenvalue weighted by molar-refractivity contribution is 6.12. The fraction of sp³-hybridized carbons (Fsp3) is 0.208. The number of para-hydroxylation sites is 2. The van der Waals surface area contributed by atoms with Crippen molar-refractivity contribution in [1.82, 2.24) is 0 Å². The Hall–Kier alpha value is -4.01. The van der Waals surface area contributed by atoms with Crippen molar-refractivity contribution in [2.45, 2.75) is 19.7 Å². The zero-order chi connectivity index (χ0) is 22.9. The maximum atomic E-state index is 13.6. The van der Waals surface area contributed by atoms with E-state index in [-0.39, 0.29) is 30.8 Å². The van der Waals surface area contributed by atoms with Crippen molar-refractivity contribution in [2.75, 3.05) is 23.6 Å². The number of hydrogen-bond donors (Lipinski definition) is 1. The molecule has 0 radical (unpaired) electrons. The van der Waals surface area contributed by atoms with E-state index in [2.05, 4.69) is 5.32 Å². The third kappa shape index (κ3) is 3.75. The van der Waals surface area contributed by atoms with Crippen LogP contribution in [0.1, 0.15) is 29.0 Å². The summed E-state index contributed by atoms with van der Waals surface area (Å²) in [5.41, 5.74) is 1.85. The van der Waals surface area contributed by atoms with Gasteiger partial charge in [-0.3, -0.25) is 9.69 Å². The van der Waals surface area contributed by atoms with Gasteiger partial charge in [-0.1, -0.05) is 24.3 Å². The van der Waals surface area contributed by atoms with Gasteiger partial charge in [0, 0.05) is 17.3 Å². The van der Waals surface area contributed by atoms with Gasteiger partial charge in [0.2, 0.25) is 6.79 Å². The second-order valence-electron chi connectivity index (χ2n) is 7.29. The zero-order valence-electron chi connectivity index (χ0n) is 17.6. The minimum atomic E-state index is -3.07. The summed E-state index contributed by atoms with van der Waals surface area (Å²) in [7, 11) is 0. The Bertz CT molecular complexity index is 1200. The topological polar surface area (TPSA) is 69.3 Å². The normalized spacial score (nSPS) is 16.4. The van der Waals surface area contributed by atoms with Crippen molar-refractivity contribution < 1.29 is 32.5 Å². The number of carbonyl (C=O) groups is 1. The second kappa shape index (κ2) is 8.50. The van der Waals surface area contributed by atoms with Gasteiger partial charge in [0.15, 0.2) is 23.0 Å². The lowest BCUT2D eigenvalue weighted by Gasteiger charge is -2.38. The number of rotatable bonds is 6. The quantitative estimate of drug-likeness (QED) is 0.553. The standard InChI is InChI=1S/C24H20F2N2O5/c1-2-30-19-9-5-7-16(21(19)33-24(25)26)22-27-17-8-4-3-6-15(17)23(29)28(22)14-10-11-18-20(12-14)32-13-31-18/h3-12,22,24,27H,2,13H2,1H3. The molecule has 170 valence electrons. The fourth-order valence-electron chi connectivity index (χ4n) is 4.01. The Morgan fingerprint density at radius 2 is 1.91 bits per heavy atom. The van der Waals surface area contributed by atoms with E-state index < -0.39 is 12.8 Å². The first-order valence-corrected chi connectivity index (χ1v) is 10.4. The molecular formula is C24H20F2N2O5. The third-order valence-corrected chi connectivity index (χ3v) is 5.37. The third-order valence-electron chi connectivity index (χ3n) is 5.37. The van der Waals surface area contributed by atoms with Crippen molar-refractivity contribution in [2.24, 2.45) is 0 Å². The van der Waals surface area contributed by atoms with E-state index in [1.165, 1.54) is 4.90 Å². The second-order valence-corrected chi connectivity index (χ2v) is 7.29. The van der Waals surface area contributed by atoms with Crippen molar-refractivity contribution in [1.29, 1.82) is 0 Å². The van der Waals surface area contributed by atoms with Gasteiger partial charge >= 0.3 is 6.61 Å². The molecule has 3 aromatic rings. The fourth-order valence-corrected chi connectivity index (χ4v) is 4.01. The molecule has 1 atom stereocenters. The van der Waals surface area contributed by atoms with Crippen LogP contribution < -0.4 is 29.2 Å². The van der Waals surface area contributed by atoms with Gasteiger partial charge in [0.25, 0.3) is 5.91 Å². The van der Waals surface area contributed by atoms with Crippen molar-refractivity contribution in [3.63, 3.8) is 0 Å². The largest absolute Gasteiger partial charge is 0.490 e. The van der Waals surface area contributed by atoms with Crippen LogP contribution in [0, 0.1) is 0 Å². The summed E-state index contributed by atoms with van der Waals surface area (Å²) in [5.74, 6) is 0.773. The van der Waals surface area contributed by atoms with Gasteiger partial charge < -0.3 is 24.3 Å². The molecule has 3 aromatic carbocycles. The van der Waals surface area contributed by atoms with Gasteiger partial charge in [-0.05, 0) is 37.3 Å². The summed E-state index contributed by atoms with van der Waals surface area (Å²) in [6.45, 7) is -0.985. The molecule has 2 aliphatic rings. The summed E-state index contributed by atoms with van der Waals surface area (Å²) in [6, 6.07) is 17.0. The van der Waals surface area contributed by atoms with E-state index in [1.54, 1.807) is 67.6 Å². The number of carbonyl (C=O) groups excluding carboxylic acids is 1. The molecular weight excluding hydrogens is 434 g/mol. The molecule has 1 amide bonds. The summed E-state index contributed by atoms with van der Waals surface area (Å²) < 4.78 is 48.0. The maximum Gasteiger partial charge on any atom is 0.387 e. The minimum absolute atomic E-state index is 0.0834. The molecule has 0 aliphatic carbocycles. The minimum Gasteiger partial charge on any atom is -0.490 e. The number of fused-ring (bicyclic) bond motifs is 2. The lowest BCUT2D eigenvalue weighted by molar-refractivity contribution is -0.0521. The summed E-state index contributed by atoms with van der Waals surface area (Å²) in [5, 5.41) is 3.30. The highest BCUT2D eigenvalue weighted by atomic mass is 19.3. The lowest BCUT2D eigenvalue weighted by Crippen LogP contribution is -2.43. The van der Waals surface area contributed by atoms with E-state index in [4.69, 9.17) is 18.9 Å². The predicted octanol–water partition coefficient (Wildman–Crippen LogP) is 5.19. The molecule has 2 heterocycles. The molecule has 0 saturated heterocycles. The number of anilines is 2. The SMILES string of the molecule is CCOc1cccc(C2Nc3ccccc3C(=O)N2c2ccc3c(c2)OCO3)c1OC(F)F. The van der Waals surface area contributed by atoms with E-state index in [0.717, 1.165) is 0 Å². The average Bonchev–Trinajstić information content (AvgIpc) is 3.28. The molecule has 0 fully saturated rings. The highest BCUT2D eigenvalue weighted by Gasteiger charge is 2.37. The van der Waals surface area contributed by atoms with Gasteiger partial charge in [-0.15, -0.1) is 0 Å². The van der Waals surface area contributed by atoms with Crippen LogP contribution in [-0.4, -0.2) is 25.9 Å². The molecule has 7 nitrogen and oxygen atoms in total. The number of ether oxygens (including phenoxy) is 4. The summed E-state index contributed by atoms with van der Waals surface area (Å²) >= 11 is 0. The van der Waals surface area contributed by atoms with Crippen molar-refractivity contribution >= 4 is 17.3 Å². The number of nitrogens with zero attached hydrogens (tertiary/aromatic N) is 1. The molecule has 1 unspecified atom stereocenters. The number of benzene rings is 3. The van der Waals surface area contributed by atoms with Crippen LogP contribution in [-0.2, 0) is 0 Å². The molecule has 0 bridgehead atoms. The van der Waals surface area contributed by atoms with Crippen molar-refractivity contribution in [3.8, 4) is 23.0 Å². The van der Waals surface area contributed by atoms with Crippen LogP contribution in [0.5, 0.6) is 23.0 Å². The number of hydrogen-bond acceptors (Lipinski definition) is 6. The molecule has 1 N–H and O–H groups in total. The molecule has 0 saturated carbocycles. The molecule has 0 aromatic heterocycles. The molecule has 0 spiro atoms. The number of alkyl halides is 2. The number of amides is 1. The van der Waals surface area contributed by atoms with E-state index in [1.807, 2.05) is 0 Å². The van der Waals surface area contributed by atoms with Crippen LogP contribution in [0.3, 0.4) is 0 Å². The Kier molecular flexibility index (Phi) is 5.37. The van der Waals surface area contributed by atoms with Gasteiger partial charge in [0.1, 0.15) is 6.17 Å². The molecule has 33 heavy (non-hydrogen) atoms. The van der Waals surface area contributed by atoms with Crippen LogP contribution in [0.15, 0.2) is 60.7 Å². The summed E-state index contributed by atoms with van der Waals surface area (Å²) in [6.07, 6.45) is -0.859. The summed E-state index contributed by atoms with van der Waals surface area (Å²) in [4.78, 5) is 15.1. The van der Waals surface area contributed by atoms with Crippen LogP contribution >= 0.6 is 0 Å². The lowest BCUT2D eigenvalue weighted by atomic mass is 10.0. The average molecular weight is 454 g/mol. The van der Waals surface area contributed by atoms with E-state index >= 15 is 0 Å². The highest BCUT2D eigenvalue weighted by Crippen LogP contribution is 2.45. The Morgan fingerprint density at radius 1 is 1.09 bits per heavy atom. The first-order chi connectivity index (χ1) is 16.1. The Morgan fingerprint density at radius 3 is 2.73 bits per heavy atom. The van der Waals surface area contributed by atoms with E-state index in [0.29, 0.717) is 34.0 Å². The predicted molar refractivity (Wildman–Crippen MR) is 116 cm³/mol. The molecule has 2 aliphatic heterocycles. The number of nitrogens with one attached hydrogen (secondary N) is 1.